The van der Waals surface area contributed by atoms with Gasteiger partial charge in [0, 0.05) is 19.6 Å². The SMILES string of the molecule is CC(C)(CN)CN1CCCNC(=O)C1. The number of hydrogen-bond acceptors (Lipinski definition) is 3. The van der Waals surface area contributed by atoms with Crippen LogP contribution in [0.5, 0.6) is 0 Å². The lowest BCUT2D eigenvalue weighted by molar-refractivity contribution is -0.121. The van der Waals surface area contributed by atoms with Crippen molar-refractivity contribution < 1.29 is 4.79 Å². The van der Waals surface area contributed by atoms with Crippen molar-refractivity contribution in [2.24, 2.45) is 11.1 Å². The van der Waals surface area contributed by atoms with Crippen LogP contribution in [-0.4, -0.2) is 43.5 Å². The standard InChI is InChI=1S/C10H21N3O/c1-10(2,7-11)8-13-5-3-4-12-9(14)6-13/h3-8,11H2,1-2H3,(H,12,14). The largest absolute Gasteiger partial charge is 0.355 e. The number of amides is 1. The Kier molecular flexibility index (Phi) is 3.89. The lowest BCUT2D eigenvalue weighted by Crippen LogP contribution is -2.41. The van der Waals surface area contributed by atoms with Crippen LogP contribution in [0.4, 0.5) is 0 Å². The zero-order chi connectivity index (χ0) is 10.6. The second-order valence-corrected chi connectivity index (χ2v) is 4.78. The van der Waals surface area contributed by atoms with Gasteiger partial charge < -0.3 is 11.1 Å². The molecular weight excluding hydrogens is 178 g/mol. The molecule has 0 spiro atoms. The number of nitrogens with two attached hydrogens (primary N) is 1. The number of hydrogen-bond donors (Lipinski definition) is 2. The molecule has 0 aromatic carbocycles. The third kappa shape index (κ3) is 3.64. The van der Waals surface area contributed by atoms with Crippen LogP contribution in [0, 0.1) is 5.41 Å². The number of nitrogens with zero attached hydrogens (tertiary/aromatic N) is 1. The maximum absolute atomic E-state index is 11.3. The van der Waals surface area contributed by atoms with Gasteiger partial charge in [-0.25, -0.2) is 0 Å². The highest BCUT2D eigenvalue weighted by Gasteiger charge is 2.22. The van der Waals surface area contributed by atoms with Gasteiger partial charge in [-0.2, -0.15) is 0 Å². The van der Waals surface area contributed by atoms with Crippen LogP contribution in [0.3, 0.4) is 0 Å². The van der Waals surface area contributed by atoms with Crippen LogP contribution in [0.25, 0.3) is 0 Å². The Morgan fingerprint density at radius 3 is 2.93 bits per heavy atom. The monoisotopic (exact) mass is 199 g/mol. The molecule has 1 aliphatic rings. The fourth-order valence-corrected chi connectivity index (χ4v) is 1.67. The van der Waals surface area contributed by atoms with E-state index in [1.165, 1.54) is 0 Å². The van der Waals surface area contributed by atoms with E-state index in [0.717, 1.165) is 26.1 Å². The number of carbonyl (C=O) groups is 1. The van der Waals surface area contributed by atoms with Crippen LogP contribution < -0.4 is 11.1 Å². The van der Waals surface area contributed by atoms with E-state index in [9.17, 15) is 4.79 Å². The molecule has 1 rings (SSSR count). The van der Waals surface area contributed by atoms with Crippen molar-refractivity contribution in [1.29, 1.82) is 0 Å². The Labute approximate surface area is 85.8 Å². The van der Waals surface area contributed by atoms with Gasteiger partial charge in [0.2, 0.25) is 5.91 Å². The summed E-state index contributed by atoms with van der Waals surface area (Å²) in [6.07, 6.45) is 1.03. The molecule has 1 heterocycles. The van der Waals surface area contributed by atoms with E-state index in [4.69, 9.17) is 5.73 Å². The third-order valence-corrected chi connectivity index (χ3v) is 2.54. The molecular formula is C10H21N3O. The summed E-state index contributed by atoms with van der Waals surface area (Å²) in [6.45, 7) is 8.14. The van der Waals surface area contributed by atoms with Crippen LogP contribution in [0.1, 0.15) is 20.3 Å². The predicted molar refractivity (Wildman–Crippen MR) is 56.9 cm³/mol. The quantitative estimate of drug-likeness (QED) is 0.661. The molecule has 0 saturated carbocycles. The van der Waals surface area contributed by atoms with Gasteiger partial charge in [0.25, 0.3) is 0 Å². The Balaban J connectivity index is 2.46. The van der Waals surface area contributed by atoms with Crippen LogP contribution in [-0.2, 0) is 4.79 Å². The van der Waals surface area contributed by atoms with Gasteiger partial charge in [0.05, 0.1) is 6.54 Å². The average Bonchev–Trinajstić information content (AvgIpc) is 2.29. The van der Waals surface area contributed by atoms with Crippen molar-refractivity contribution >= 4 is 5.91 Å². The first kappa shape index (κ1) is 11.5. The van der Waals surface area contributed by atoms with Gasteiger partial charge >= 0.3 is 0 Å². The molecule has 1 aliphatic heterocycles. The van der Waals surface area contributed by atoms with E-state index >= 15 is 0 Å². The molecule has 3 N–H and O–H groups in total. The van der Waals surface area contributed by atoms with Crippen LogP contribution in [0.15, 0.2) is 0 Å². The third-order valence-electron chi connectivity index (χ3n) is 2.54. The minimum Gasteiger partial charge on any atom is -0.355 e. The molecule has 82 valence electrons. The number of carbonyl (C=O) groups excluding carboxylic acids is 1. The van der Waals surface area contributed by atoms with E-state index in [2.05, 4.69) is 24.1 Å². The highest BCUT2D eigenvalue weighted by Crippen LogP contribution is 2.15. The molecule has 1 amide bonds. The molecule has 0 unspecified atom stereocenters. The first-order chi connectivity index (χ1) is 6.53. The molecule has 0 radical (unpaired) electrons. The Morgan fingerprint density at radius 1 is 1.57 bits per heavy atom. The maximum atomic E-state index is 11.3. The predicted octanol–water partition coefficient (Wildman–Crippen LogP) is -0.207. The summed E-state index contributed by atoms with van der Waals surface area (Å²) in [7, 11) is 0. The highest BCUT2D eigenvalue weighted by atomic mass is 16.2. The summed E-state index contributed by atoms with van der Waals surface area (Å²) < 4.78 is 0. The molecule has 14 heavy (non-hydrogen) atoms. The second kappa shape index (κ2) is 4.75. The van der Waals surface area contributed by atoms with E-state index in [1.807, 2.05) is 0 Å². The van der Waals surface area contributed by atoms with Crippen molar-refractivity contribution in [2.75, 3.05) is 32.7 Å². The van der Waals surface area contributed by atoms with E-state index in [1.54, 1.807) is 0 Å². The normalized spacial score (nSPS) is 20.4. The minimum absolute atomic E-state index is 0.102. The molecule has 0 aliphatic carbocycles. The fraction of sp³-hybridized carbons (Fsp3) is 0.900. The van der Waals surface area contributed by atoms with Gasteiger partial charge in [-0.05, 0) is 18.4 Å². The topological polar surface area (TPSA) is 58.4 Å². The first-order valence-electron chi connectivity index (χ1n) is 5.23. The summed E-state index contributed by atoms with van der Waals surface area (Å²) in [5, 5.41) is 2.87. The summed E-state index contributed by atoms with van der Waals surface area (Å²) in [5.41, 5.74) is 5.77. The molecule has 0 bridgehead atoms. The number of nitrogens with one attached hydrogen (secondary N) is 1. The minimum atomic E-state index is 0.102. The van der Waals surface area contributed by atoms with Gasteiger partial charge in [-0.1, -0.05) is 13.8 Å². The Bertz CT molecular complexity index is 204. The van der Waals surface area contributed by atoms with Crippen LogP contribution in [0.2, 0.25) is 0 Å². The summed E-state index contributed by atoms with van der Waals surface area (Å²) >= 11 is 0. The van der Waals surface area contributed by atoms with E-state index in [0.29, 0.717) is 13.1 Å². The van der Waals surface area contributed by atoms with Crippen molar-refractivity contribution in [2.45, 2.75) is 20.3 Å². The summed E-state index contributed by atoms with van der Waals surface area (Å²) in [6, 6.07) is 0. The molecule has 0 aromatic rings. The van der Waals surface area contributed by atoms with Gasteiger partial charge in [-0.15, -0.1) is 0 Å². The summed E-state index contributed by atoms with van der Waals surface area (Å²) in [5.74, 6) is 0.135. The number of rotatable bonds is 3. The van der Waals surface area contributed by atoms with Crippen molar-refractivity contribution in [3.05, 3.63) is 0 Å². The first-order valence-corrected chi connectivity index (χ1v) is 5.23. The van der Waals surface area contributed by atoms with Crippen molar-refractivity contribution in [1.82, 2.24) is 10.2 Å². The Hall–Kier alpha value is -0.610. The zero-order valence-corrected chi connectivity index (χ0v) is 9.18. The molecule has 0 atom stereocenters. The fourth-order valence-electron chi connectivity index (χ4n) is 1.67. The Morgan fingerprint density at radius 2 is 2.29 bits per heavy atom. The van der Waals surface area contributed by atoms with E-state index in [-0.39, 0.29) is 11.3 Å². The van der Waals surface area contributed by atoms with Crippen molar-refractivity contribution in [3.63, 3.8) is 0 Å². The maximum Gasteiger partial charge on any atom is 0.234 e. The lowest BCUT2D eigenvalue weighted by atomic mass is 9.93. The van der Waals surface area contributed by atoms with Crippen molar-refractivity contribution in [3.8, 4) is 0 Å². The summed E-state index contributed by atoms with van der Waals surface area (Å²) in [4.78, 5) is 13.5. The zero-order valence-electron chi connectivity index (χ0n) is 9.18. The van der Waals surface area contributed by atoms with Gasteiger partial charge in [0.15, 0.2) is 0 Å². The van der Waals surface area contributed by atoms with Gasteiger partial charge in [0.1, 0.15) is 0 Å². The molecule has 1 saturated heterocycles. The van der Waals surface area contributed by atoms with E-state index < -0.39 is 0 Å². The van der Waals surface area contributed by atoms with Gasteiger partial charge in [-0.3, -0.25) is 9.69 Å². The highest BCUT2D eigenvalue weighted by molar-refractivity contribution is 5.78. The van der Waals surface area contributed by atoms with Crippen LogP contribution >= 0.6 is 0 Å². The average molecular weight is 199 g/mol. The molecule has 1 fully saturated rings. The molecule has 4 nitrogen and oxygen atoms in total. The second-order valence-electron chi connectivity index (χ2n) is 4.78. The smallest absolute Gasteiger partial charge is 0.234 e. The molecule has 0 aromatic heterocycles. The lowest BCUT2D eigenvalue weighted by Gasteiger charge is -2.30. The molecule has 4 heteroatoms.